The van der Waals surface area contributed by atoms with E-state index in [9.17, 15) is 19.7 Å². The molecule has 3 aliphatic rings. The van der Waals surface area contributed by atoms with Gasteiger partial charge in [-0.3, -0.25) is 9.32 Å². The van der Waals surface area contributed by atoms with Crippen molar-refractivity contribution in [3.63, 3.8) is 0 Å². The van der Waals surface area contributed by atoms with Gasteiger partial charge in [-0.2, -0.15) is 5.26 Å². The van der Waals surface area contributed by atoms with Crippen LogP contribution in [-0.2, 0) is 59.5 Å². The molecule has 9 atom stereocenters. The molecule has 0 spiro atoms. The maximum atomic E-state index is 15.7. The SMILES string of the molecule is CC(C)[Si](O)(O[Si](O[C@H]1[C@H]2OP(=S)(OCCC#N)OC[C@H]3C[C@@H](Oc4ccncn4)C[C@@H]3OP(O)(=S)OC[C@H]1O[C@H]2n1cc(F)c2c(=O)[nH]cnc21)(C(C)C)C(C)C)C(C)C. The number of halogens is 1. The first kappa shape index (κ1) is 48.5. The van der Waals surface area contributed by atoms with Gasteiger partial charge in [-0.15, -0.1) is 0 Å². The molecule has 6 rings (SSSR count). The Bertz CT molecular complexity index is 2170. The Kier molecular flexibility index (Phi) is 15.6. The first-order chi connectivity index (χ1) is 28.7. The number of ether oxygens (including phenoxy) is 2. The van der Waals surface area contributed by atoms with E-state index >= 15 is 4.39 Å². The van der Waals surface area contributed by atoms with E-state index < -0.39 is 91.2 Å². The number of nitrogens with one attached hydrogen (secondary N) is 1. The van der Waals surface area contributed by atoms with Crippen LogP contribution in [-0.4, -0.2) is 102 Å². The predicted molar refractivity (Wildman–Crippen MR) is 232 cm³/mol. The van der Waals surface area contributed by atoms with Crippen LogP contribution in [0.25, 0.3) is 11.0 Å². The fraction of sp³-hybridized carbons (Fsp3) is 0.694. The molecule has 25 heteroatoms. The number of fused-ring (bicyclic) bond motifs is 4. The van der Waals surface area contributed by atoms with Gasteiger partial charge < -0.3 is 55.4 Å². The van der Waals surface area contributed by atoms with E-state index in [0.29, 0.717) is 12.3 Å². The monoisotopic (exact) mass is 964 g/mol. The van der Waals surface area contributed by atoms with Gasteiger partial charge in [0.1, 0.15) is 36.1 Å². The summed E-state index contributed by atoms with van der Waals surface area (Å²) >= 11 is 11.8. The lowest BCUT2D eigenvalue weighted by Crippen LogP contribution is -2.62. The summed E-state index contributed by atoms with van der Waals surface area (Å²) < 4.78 is 76.2. The molecule has 61 heavy (non-hydrogen) atoms. The van der Waals surface area contributed by atoms with Gasteiger partial charge in [0.15, 0.2) is 17.7 Å². The molecule has 3 aromatic heterocycles. The van der Waals surface area contributed by atoms with Gasteiger partial charge in [0.05, 0.1) is 44.7 Å². The van der Waals surface area contributed by atoms with Crippen molar-refractivity contribution in [1.82, 2.24) is 24.5 Å². The zero-order valence-electron chi connectivity index (χ0n) is 35.3. The van der Waals surface area contributed by atoms with Crippen LogP contribution in [0.3, 0.4) is 0 Å². The summed E-state index contributed by atoms with van der Waals surface area (Å²) in [6, 6.07) is 3.67. The Morgan fingerprint density at radius 1 is 1.05 bits per heavy atom. The van der Waals surface area contributed by atoms with Crippen molar-refractivity contribution in [1.29, 1.82) is 5.26 Å². The normalized spacial score (nSPS) is 30.4. The molecule has 0 radical (unpaired) electrons. The molecule has 3 fully saturated rings. The van der Waals surface area contributed by atoms with Crippen molar-refractivity contribution in [3.05, 3.63) is 47.3 Å². The first-order valence-electron chi connectivity index (χ1n) is 20.2. The summed E-state index contributed by atoms with van der Waals surface area (Å²) in [5, 5.41) is 9.16. The van der Waals surface area contributed by atoms with E-state index in [0.717, 1.165) is 12.5 Å². The zero-order chi connectivity index (χ0) is 44.5. The van der Waals surface area contributed by atoms with Crippen molar-refractivity contribution in [3.8, 4) is 11.9 Å². The number of hydrogen-bond donors (Lipinski definition) is 3. The van der Waals surface area contributed by atoms with E-state index in [2.05, 4.69) is 19.9 Å². The summed E-state index contributed by atoms with van der Waals surface area (Å²) in [6.07, 6.45) is -0.495. The van der Waals surface area contributed by atoms with E-state index in [-0.39, 0.29) is 59.3 Å². The van der Waals surface area contributed by atoms with Gasteiger partial charge in [-0.05, 0) is 52.2 Å². The molecule has 2 aliphatic heterocycles. The Labute approximate surface area is 366 Å². The van der Waals surface area contributed by atoms with Crippen LogP contribution in [0.15, 0.2) is 35.9 Å². The number of aromatic nitrogens is 5. The first-order valence-corrected chi connectivity index (χ1v) is 29.4. The van der Waals surface area contributed by atoms with Crippen molar-refractivity contribution >= 4 is 65.2 Å². The van der Waals surface area contributed by atoms with Gasteiger partial charge in [-0.1, -0.05) is 55.4 Å². The average Bonchev–Trinajstić information content (AvgIpc) is 3.84. The molecule has 1 saturated carbocycles. The number of rotatable bonds is 14. The molecule has 5 heterocycles. The highest BCUT2D eigenvalue weighted by molar-refractivity contribution is 8.07. The van der Waals surface area contributed by atoms with Gasteiger partial charge in [0, 0.05) is 30.8 Å². The quantitative estimate of drug-likeness (QED) is 0.0889. The minimum Gasteiger partial charge on any atom is -0.474 e. The lowest BCUT2D eigenvalue weighted by molar-refractivity contribution is -0.0520. The zero-order valence-corrected chi connectivity index (χ0v) is 40.7. The fourth-order valence-electron chi connectivity index (χ4n) is 8.10. The predicted octanol–water partition coefficient (Wildman–Crippen LogP) is 6.52. The third-order valence-electron chi connectivity index (χ3n) is 11.3. The van der Waals surface area contributed by atoms with E-state index in [1.54, 1.807) is 12.3 Å². The van der Waals surface area contributed by atoms with E-state index in [1.165, 1.54) is 10.9 Å². The average molecular weight is 965 g/mol. The van der Waals surface area contributed by atoms with Crippen LogP contribution in [0.2, 0.25) is 22.2 Å². The third-order valence-corrected chi connectivity index (χ3v) is 25.0. The second-order valence-corrected chi connectivity index (χ2v) is 31.0. The number of nitrogens with zero attached hydrogens (tertiary/aromatic N) is 5. The highest BCUT2D eigenvalue weighted by Crippen LogP contribution is 2.58. The number of aromatic amines is 1. The van der Waals surface area contributed by atoms with Crippen molar-refractivity contribution in [2.24, 2.45) is 5.92 Å². The standard InChI is InChI=1S/C36H55FN6O12P2S2Si2/c1-21(2)60(46,22(3)4)55-61(23(5)6,24(7)8)54-32-29-18-48-56(45,58)52-28-15-26(50-30-10-12-39-19-40-30)14-25(28)17-49-57(59,47-13-9-11-38)53-33(32)36(51-29)43-16-27(37)31-34(43)41-20-42-35(31)44/h10,12,16,19-26,28-29,32-33,36,46H,9,13-15,17-18H2,1-8H3,(H,45,58)(H,41,42,44)/t25-,26-,28+,29-,32-,33-,36-,56?,57?/m1/s1. The van der Waals surface area contributed by atoms with E-state index in [1.807, 2.05) is 61.5 Å². The molecule has 0 aromatic carbocycles. The van der Waals surface area contributed by atoms with Gasteiger partial charge in [0.2, 0.25) is 5.88 Å². The van der Waals surface area contributed by atoms with Crippen molar-refractivity contribution < 1.29 is 54.7 Å². The maximum Gasteiger partial charge on any atom is 0.335 e. The Morgan fingerprint density at radius 3 is 2.41 bits per heavy atom. The molecular formula is C36H55FN6O12P2S2Si2. The van der Waals surface area contributed by atoms with Crippen molar-refractivity contribution in [2.75, 3.05) is 19.8 Å². The highest BCUT2D eigenvalue weighted by atomic mass is 32.5. The van der Waals surface area contributed by atoms with Crippen LogP contribution in [0, 0.1) is 23.1 Å². The molecule has 2 saturated heterocycles. The van der Waals surface area contributed by atoms with Crippen LogP contribution >= 0.6 is 13.4 Å². The lowest BCUT2D eigenvalue weighted by atomic mass is 10.1. The second kappa shape index (κ2) is 19.7. The molecule has 2 unspecified atom stereocenters. The Balaban J connectivity index is 1.48. The fourth-order valence-corrected chi connectivity index (χ4v) is 21.6. The molecule has 3 aromatic rings. The minimum absolute atomic E-state index is 0.0537. The number of H-pyrrole nitrogens is 1. The van der Waals surface area contributed by atoms with Gasteiger partial charge in [0.25, 0.3) is 5.56 Å². The molecule has 3 N–H and O–H groups in total. The number of nitriles is 1. The molecule has 338 valence electrons. The second-order valence-electron chi connectivity index (χ2n) is 16.6. The smallest absolute Gasteiger partial charge is 0.335 e. The van der Waals surface area contributed by atoms with Crippen LogP contribution in [0.5, 0.6) is 5.88 Å². The van der Waals surface area contributed by atoms with Crippen LogP contribution < -0.4 is 10.3 Å². The maximum absolute atomic E-state index is 15.7. The Morgan fingerprint density at radius 2 is 1.77 bits per heavy atom. The molecule has 2 bridgehead atoms. The lowest BCUT2D eigenvalue weighted by Gasteiger charge is -2.47. The minimum atomic E-state index is -4.07. The van der Waals surface area contributed by atoms with Crippen molar-refractivity contribution in [2.45, 2.75) is 134 Å². The summed E-state index contributed by atoms with van der Waals surface area (Å²) in [5.41, 5.74) is -1.80. The van der Waals surface area contributed by atoms with Gasteiger partial charge in [-0.25, -0.2) is 19.3 Å². The summed E-state index contributed by atoms with van der Waals surface area (Å²) in [4.78, 5) is 51.7. The molecule has 0 amide bonds. The number of hydrogen-bond acceptors (Lipinski definition) is 17. The van der Waals surface area contributed by atoms with Gasteiger partial charge >= 0.3 is 30.6 Å². The molecule has 18 nitrogen and oxygen atoms in total. The highest BCUT2D eigenvalue weighted by Gasteiger charge is 2.60. The van der Waals surface area contributed by atoms with Crippen LogP contribution in [0.1, 0.15) is 80.9 Å². The largest absolute Gasteiger partial charge is 0.474 e. The summed E-state index contributed by atoms with van der Waals surface area (Å²) in [7, 11) is -7.17. The van der Waals surface area contributed by atoms with E-state index in [4.69, 9.17) is 64.2 Å². The molecular weight excluding hydrogens is 910 g/mol. The third kappa shape index (κ3) is 10.6. The Hall–Kier alpha value is -1.95. The summed E-state index contributed by atoms with van der Waals surface area (Å²) in [5.74, 6) is -1.02. The summed E-state index contributed by atoms with van der Waals surface area (Å²) in [6.45, 7) is 6.82. The van der Waals surface area contributed by atoms with Crippen LogP contribution in [0.4, 0.5) is 4.39 Å². The molecule has 1 aliphatic carbocycles. The topological polar surface area (TPSA) is 224 Å².